The quantitative estimate of drug-likeness (QED) is 0.805. The third kappa shape index (κ3) is 4.25. The monoisotopic (exact) mass is 372 g/mol. The van der Waals surface area contributed by atoms with E-state index in [1.807, 2.05) is 6.92 Å². The molecule has 8 heteroatoms. The third-order valence-electron chi connectivity index (χ3n) is 4.53. The maximum atomic E-state index is 13.1. The van der Waals surface area contributed by atoms with Crippen LogP contribution in [-0.2, 0) is 10.0 Å². The zero-order chi connectivity index (χ0) is 18.8. The minimum absolute atomic E-state index is 0.0403. The van der Waals surface area contributed by atoms with E-state index in [2.05, 4.69) is 4.90 Å². The predicted octanol–water partition coefficient (Wildman–Crippen LogP) is 1.09. The normalized spacial score (nSPS) is 21.1. The molecule has 1 N–H and O–H groups in total. The first-order valence-electron chi connectivity index (χ1n) is 8.35. The van der Waals surface area contributed by atoms with Gasteiger partial charge in [-0.1, -0.05) is 0 Å². The van der Waals surface area contributed by atoms with E-state index in [1.54, 1.807) is 19.9 Å². The van der Waals surface area contributed by atoms with Gasteiger partial charge in [0.15, 0.2) is 11.5 Å². The van der Waals surface area contributed by atoms with Gasteiger partial charge in [0, 0.05) is 38.3 Å². The molecule has 0 bridgehead atoms. The Labute approximate surface area is 150 Å². The summed E-state index contributed by atoms with van der Waals surface area (Å²) < 4.78 is 38.2. The van der Waals surface area contributed by atoms with Crippen LogP contribution in [0.3, 0.4) is 0 Å². The average Bonchev–Trinajstić information content (AvgIpc) is 2.55. The van der Waals surface area contributed by atoms with Crippen molar-refractivity contribution in [2.45, 2.75) is 37.8 Å². The highest BCUT2D eigenvalue weighted by molar-refractivity contribution is 7.89. The van der Waals surface area contributed by atoms with Crippen molar-refractivity contribution in [1.82, 2.24) is 9.21 Å². The summed E-state index contributed by atoms with van der Waals surface area (Å²) in [4.78, 5) is 2.35. The number of aliphatic hydroxyl groups excluding tert-OH is 1. The summed E-state index contributed by atoms with van der Waals surface area (Å²) in [7, 11) is -0.618. The van der Waals surface area contributed by atoms with Crippen molar-refractivity contribution in [3.63, 3.8) is 0 Å². The number of methoxy groups -OCH3 is 2. The smallest absolute Gasteiger partial charge is 0.243 e. The summed E-state index contributed by atoms with van der Waals surface area (Å²) in [6.45, 7) is 7.40. The average molecular weight is 372 g/mol. The van der Waals surface area contributed by atoms with Crippen molar-refractivity contribution in [3.8, 4) is 11.5 Å². The molecular weight excluding hydrogens is 344 g/mol. The first-order valence-corrected chi connectivity index (χ1v) is 9.79. The molecule has 7 nitrogen and oxygen atoms in total. The number of aryl methyl sites for hydroxylation is 1. The van der Waals surface area contributed by atoms with E-state index in [4.69, 9.17) is 9.47 Å². The molecule has 2 unspecified atom stereocenters. The Hall–Kier alpha value is -1.35. The van der Waals surface area contributed by atoms with Crippen molar-refractivity contribution >= 4 is 10.0 Å². The summed E-state index contributed by atoms with van der Waals surface area (Å²) in [5.41, 5.74) is 0.622. The first kappa shape index (κ1) is 20.0. The summed E-state index contributed by atoms with van der Waals surface area (Å²) in [6, 6.07) is 3.24. The van der Waals surface area contributed by atoms with Crippen LogP contribution in [0.2, 0.25) is 0 Å². The lowest BCUT2D eigenvalue weighted by Crippen LogP contribution is -2.54. The number of nitrogens with zero attached hydrogens (tertiary/aromatic N) is 2. The number of β-amino-alcohol motifs (C(OH)–C–C–N with tert-alkyl or cyclic N) is 1. The summed E-state index contributed by atoms with van der Waals surface area (Å²) in [5, 5.41) is 9.57. The number of ether oxygens (including phenoxy) is 2. The van der Waals surface area contributed by atoms with Gasteiger partial charge in [0.25, 0.3) is 0 Å². The largest absolute Gasteiger partial charge is 0.493 e. The van der Waals surface area contributed by atoms with Crippen molar-refractivity contribution < 1.29 is 23.0 Å². The Balaban J connectivity index is 2.28. The van der Waals surface area contributed by atoms with Gasteiger partial charge in [0.2, 0.25) is 10.0 Å². The van der Waals surface area contributed by atoms with Gasteiger partial charge < -0.3 is 14.6 Å². The van der Waals surface area contributed by atoms with Crippen LogP contribution >= 0.6 is 0 Å². The lowest BCUT2D eigenvalue weighted by atomic mass is 10.2. The van der Waals surface area contributed by atoms with Crippen LogP contribution in [0.15, 0.2) is 17.0 Å². The van der Waals surface area contributed by atoms with E-state index >= 15 is 0 Å². The molecule has 1 aromatic carbocycles. The summed E-state index contributed by atoms with van der Waals surface area (Å²) >= 11 is 0. The Morgan fingerprint density at radius 3 is 2.36 bits per heavy atom. The molecule has 1 aliphatic heterocycles. The highest BCUT2D eigenvalue weighted by Gasteiger charge is 2.34. The van der Waals surface area contributed by atoms with Crippen molar-refractivity contribution in [2.75, 3.05) is 40.4 Å². The summed E-state index contributed by atoms with van der Waals surface area (Å²) in [6.07, 6.45) is -0.432. The molecule has 1 aliphatic rings. The Kier molecular flexibility index (Phi) is 6.31. The molecule has 2 rings (SSSR count). The van der Waals surface area contributed by atoms with E-state index in [9.17, 15) is 13.5 Å². The second kappa shape index (κ2) is 7.90. The highest BCUT2D eigenvalue weighted by Crippen LogP contribution is 2.34. The van der Waals surface area contributed by atoms with E-state index in [0.29, 0.717) is 43.2 Å². The number of hydrogen-bond donors (Lipinski definition) is 1. The van der Waals surface area contributed by atoms with Crippen molar-refractivity contribution in [3.05, 3.63) is 17.7 Å². The molecule has 25 heavy (non-hydrogen) atoms. The maximum absolute atomic E-state index is 13.1. The van der Waals surface area contributed by atoms with Crippen LogP contribution in [0.4, 0.5) is 0 Å². The number of aliphatic hydroxyl groups is 1. The molecule has 1 fully saturated rings. The topological polar surface area (TPSA) is 79.3 Å². The Morgan fingerprint density at radius 1 is 1.24 bits per heavy atom. The molecule has 0 radical (unpaired) electrons. The predicted molar refractivity (Wildman–Crippen MR) is 95.8 cm³/mol. The minimum Gasteiger partial charge on any atom is -0.493 e. The van der Waals surface area contributed by atoms with Gasteiger partial charge in [0.05, 0.1) is 25.2 Å². The second-order valence-corrected chi connectivity index (χ2v) is 8.44. The second-order valence-electron chi connectivity index (χ2n) is 6.53. The molecule has 1 heterocycles. The van der Waals surface area contributed by atoms with Gasteiger partial charge in [-0.15, -0.1) is 0 Å². The molecule has 1 aromatic rings. The molecule has 1 saturated heterocycles. The van der Waals surface area contributed by atoms with Crippen LogP contribution in [0.25, 0.3) is 0 Å². The fourth-order valence-corrected chi connectivity index (χ4v) is 4.90. The fourth-order valence-electron chi connectivity index (χ4n) is 3.17. The van der Waals surface area contributed by atoms with Gasteiger partial charge in [0.1, 0.15) is 0 Å². The first-order chi connectivity index (χ1) is 11.7. The van der Waals surface area contributed by atoms with Gasteiger partial charge in [-0.2, -0.15) is 4.31 Å². The minimum atomic E-state index is -3.63. The Bertz CT molecular complexity index is 705. The lowest BCUT2D eigenvalue weighted by Gasteiger charge is -2.39. The molecule has 0 saturated carbocycles. The van der Waals surface area contributed by atoms with Crippen LogP contribution in [0, 0.1) is 6.92 Å². The summed E-state index contributed by atoms with van der Waals surface area (Å²) in [5.74, 6) is 0.904. The standard InChI is InChI=1S/C17H28N2O5S/c1-12-8-15(23-4)16(24-5)9-17(12)25(21,22)19-7-6-18(11-14(3)20)13(2)10-19/h8-9,13-14,20H,6-7,10-11H2,1-5H3. The number of benzene rings is 1. The van der Waals surface area contributed by atoms with Crippen LogP contribution in [0.5, 0.6) is 11.5 Å². The third-order valence-corrected chi connectivity index (χ3v) is 6.53. The number of hydrogen-bond acceptors (Lipinski definition) is 6. The molecule has 142 valence electrons. The van der Waals surface area contributed by atoms with E-state index in [0.717, 1.165) is 0 Å². The number of piperazine rings is 1. The molecule has 0 aliphatic carbocycles. The van der Waals surface area contributed by atoms with E-state index in [1.165, 1.54) is 24.6 Å². The molecule has 0 aromatic heterocycles. The van der Waals surface area contributed by atoms with Gasteiger partial charge in [-0.25, -0.2) is 8.42 Å². The van der Waals surface area contributed by atoms with Gasteiger partial charge in [-0.05, 0) is 32.4 Å². The van der Waals surface area contributed by atoms with Crippen LogP contribution < -0.4 is 9.47 Å². The van der Waals surface area contributed by atoms with E-state index < -0.39 is 16.1 Å². The molecule has 0 spiro atoms. The number of sulfonamides is 1. The van der Waals surface area contributed by atoms with Gasteiger partial charge >= 0.3 is 0 Å². The molecule has 2 atom stereocenters. The zero-order valence-electron chi connectivity index (χ0n) is 15.5. The highest BCUT2D eigenvalue weighted by atomic mass is 32.2. The van der Waals surface area contributed by atoms with E-state index in [-0.39, 0.29) is 10.9 Å². The van der Waals surface area contributed by atoms with Crippen LogP contribution in [0.1, 0.15) is 19.4 Å². The van der Waals surface area contributed by atoms with Gasteiger partial charge in [-0.3, -0.25) is 4.90 Å². The number of rotatable bonds is 6. The van der Waals surface area contributed by atoms with Crippen molar-refractivity contribution in [2.24, 2.45) is 0 Å². The van der Waals surface area contributed by atoms with Crippen molar-refractivity contribution in [1.29, 1.82) is 0 Å². The fraction of sp³-hybridized carbons (Fsp3) is 0.647. The molecule has 0 amide bonds. The maximum Gasteiger partial charge on any atom is 0.243 e. The van der Waals surface area contributed by atoms with Crippen LogP contribution in [-0.4, -0.2) is 75.3 Å². The molecular formula is C17H28N2O5S. The lowest BCUT2D eigenvalue weighted by molar-refractivity contribution is 0.0699. The zero-order valence-corrected chi connectivity index (χ0v) is 16.3. The Morgan fingerprint density at radius 2 is 1.84 bits per heavy atom. The SMILES string of the molecule is COc1cc(C)c(S(=O)(=O)N2CCN(CC(C)O)C(C)C2)cc1OC.